The largest absolute Gasteiger partial charge is 0.491 e. The highest BCUT2D eigenvalue weighted by Crippen LogP contribution is 2.20. The molecule has 0 aliphatic carbocycles. The molecule has 4 nitrogen and oxygen atoms in total. The normalized spacial score (nSPS) is 10.4. The van der Waals surface area contributed by atoms with Gasteiger partial charge < -0.3 is 10.1 Å². The van der Waals surface area contributed by atoms with Crippen LogP contribution in [0.3, 0.4) is 0 Å². The van der Waals surface area contributed by atoms with Crippen molar-refractivity contribution in [3.63, 3.8) is 0 Å². The molecule has 0 atom stereocenters. The molecule has 0 unspecified atom stereocenters. The monoisotopic (exact) mass is 362 g/mol. The average Bonchev–Trinajstić information content (AvgIpc) is 2.51. The zero-order chi connectivity index (χ0) is 17.7. The molecule has 2 aromatic rings. The maximum atomic E-state index is 12.2. The quantitative estimate of drug-likeness (QED) is 0.783. The number of benzene rings is 2. The summed E-state index contributed by atoms with van der Waals surface area (Å²) in [5, 5.41) is 6.42. The first-order valence-electron chi connectivity index (χ1n) is 7.50. The lowest BCUT2D eigenvalue weighted by Gasteiger charge is -2.12. The van der Waals surface area contributed by atoms with E-state index in [1.807, 2.05) is 32.9 Å². The Balaban J connectivity index is 1.95. The number of thiocarbonyl (C=S) groups is 1. The van der Waals surface area contributed by atoms with Crippen molar-refractivity contribution >= 4 is 40.5 Å². The van der Waals surface area contributed by atoms with E-state index >= 15 is 0 Å². The second-order valence-corrected chi connectivity index (χ2v) is 6.38. The Bertz CT molecular complexity index is 745. The van der Waals surface area contributed by atoms with Crippen LogP contribution in [0.15, 0.2) is 42.5 Å². The van der Waals surface area contributed by atoms with Crippen LogP contribution >= 0.6 is 23.8 Å². The molecule has 0 spiro atoms. The van der Waals surface area contributed by atoms with Crippen molar-refractivity contribution < 1.29 is 9.53 Å². The Morgan fingerprint density at radius 3 is 2.42 bits per heavy atom. The van der Waals surface area contributed by atoms with Crippen molar-refractivity contribution in [3.8, 4) is 5.75 Å². The van der Waals surface area contributed by atoms with E-state index in [1.165, 1.54) is 0 Å². The van der Waals surface area contributed by atoms with Crippen LogP contribution in [0.25, 0.3) is 0 Å². The van der Waals surface area contributed by atoms with Crippen LogP contribution in [0.5, 0.6) is 5.75 Å². The number of halogens is 1. The third-order valence-electron chi connectivity index (χ3n) is 3.15. The van der Waals surface area contributed by atoms with E-state index in [0.29, 0.717) is 10.6 Å². The molecule has 0 aromatic heterocycles. The highest BCUT2D eigenvalue weighted by Gasteiger charge is 2.09. The Morgan fingerprint density at radius 1 is 1.17 bits per heavy atom. The topological polar surface area (TPSA) is 50.4 Å². The first kappa shape index (κ1) is 18.2. The molecule has 126 valence electrons. The predicted octanol–water partition coefficient (Wildman–Crippen LogP) is 4.56. The van der Waals surface area contributed by atoms with E-state index in [0.717, 1.165) is 17.0 Å². The second kappa shape index (κ2) is 8.13. The first-order valence-corrected chi connectivity index (χ1v) is 8.29. The number of aryl methyl sites for hydroxylation is 1. The van der Waals surface area contributed by atoms with Gasteiger partial charge >= 0.3 is 0 Å². The molecule has 24 heavy (non-hydrogen) atoms. The first-order chi connectivity index (χ1) is 11.3. The van der Waals surface area contributed by atoms with Gasteiger partial charge in [-0.1, -0.05) is 17.7 Å². The van der Waals surface area contributed by atoms with Crippen LogP contribution in [0, 0.1) is 6.92 Å². The summed E-state index contributed by atoms with van der Waals surface area (Å²) in [7, 11) is 0. The van der Waals surface area contributed by atoms with Crippen LogP contribution in [-0.4, -0.2) is 17.1 Å². The fourth-order valence-electron chi connectivity index (χ4n) is 1.97. The molecule has 6 heteroatoms. The maximum absolute atomic E-state index is 12.2. The molecule has 0 aliphatic rings. The molecular weight excluding hydrogens is 344 g/mol. The number of hydrogen-bond donors (Lipinski definition) is 2. The third-order valence-corrected chi connectivity index (χ3v) is 3.76. The van der Waals surface area contributed by atoms with Gasteiger partial charge in [-0.3, -0.25) is 10.1 Å². The van der Waals surface area contributed by atoms with Crippen LogP contribution in [0.1, 0.15) is 29.8 Å². The van der Waals surface area contributed by atoms with Gasteiger partial charge in [0.2, 0.25) is 0 Å². The summed E-state index contributed by atoms with van der Waals surface area (Å²) < 4.78 is 5.55. The minimum absolute atomic E-state index is 0.0859. The number of nitrogens with one attached hydrogen (secondary N) is 2. The van der Waals surface area contributed by atoms with Crippen LogP contribution in [0.4, 0.5) is 5.69 Å². The lowest BCUT2D eigenvalue weighted by Crippen LogP contribution is -2.34. The Labute approximate surface area is 152 Å². The summed E-state index contributed by atoms with van der Waals surface area (Å²) in [6.07, 6.45) is 0.0859. The average molecular weight is 363 g/mol. The number of hydrogen-bond acceptors (Lipinski definition) is 3. The summed E-state index contributed by atoms with van der Waals surface area (Å²) in [5.41, 5.74) is 2.19. The van der Waals surface area contributed by atoms with Crippen molar-refractivity contribution in [1.82, 2.24) is 5.32 Å². The van der Waals surface area contributed by atoms with Gasteiger partial charge in [0.05, 0.1) is 6.10 Å². The SMILES string of the molecule is Cc1ccc(NC(=S)NC(=O)c2ccc(OC(C)C)cc2)cc1Cl. The molecule has 1 amide bonds. The van der Waals surface area contributed by atoms with Crippen molar-refractivity contribution in [2.24, 2.45) is 0 Å². The molecule has 0 saturated carbocycles. The number of amides is 1. The van der Waals surface area contributed by atoms with Crippen LogP contribution in [0.2, 0.25) is 5.02 Å². The smallest absolute Gasteiger partial charge is 0.257 e. The standard InChI is InChI=1S/C18H19ClN2O2S/c1-11(2)23-15-8-5-13(6-9-15)17(22)21-18(24)20-14-7-4-12(3)16(19)10-14/h4-11H,1-3H3,(H2,20,21,22,24). The Hall–Kier alpha value is -2.11. The molecule has 0 bridgehead atoms. The number of ether oxygens (including phenoxy) is 1. The van der Waals surface area contributed by atoms with Gasteiger partial charge in [-0.25, -0.2) is 0 Å². The molecule has 2 aromatic carbocycles. The molecule has 0 saturated heterocycles. The van der Waals surface area contributed by atoms with Gasteiger partial charge in [-0.2, -0.15) is 0 Å². The minimum atomic E-state index is -0.290. The number of carbonyl (C=O) groups excluding carboxylic acids is 1. The Morgan fingerprint density at radius 2 is 1.83 bits per heavy atom. The van der Waals surface area contributed by atoms with E-state index in [9.17, 15) is 4.79 Å². The molecule has 2 rings (SSSR count). The maximum Gasteiger partial charge on any atom is 0.257 e. The van der Waals surface area contributed by atoms with Crippen LogP contribution in [-0.2, 0) is 0 Å². The number of anilines is 1. The summed E-state index contributed by atoms with van der Waals surface area (Å²) in [4.78, 5) is 12.2. The predicted molar refractivity (Wildman–Crippen MR) is 102 cm³/mol. The highest BCUT2D eigenvalue weighted by atomic mass is 35.5. The summed E-state index contributed by atoms with van der Waals surface area (Å²) in [6, 6.07) is 12.4. The molecule has 0 fully saturated rings. The van der Waals surface area contributed by atoms with Gasteiger partial charge in [0, 0.05) is 16.3 Å². The van der Waals surface area contributed by atoms with Crippen molar-refractivity contribution in [2.45, 2.75) is 26.9 Å². The van der Waals surface area contributed by atoms with Gasteiger partial charge in [-0.15, -0.1) is 0 Å². The summed E-state index contributed by atoms with van der Waals surface area (Å²) in [6.45, 7) is 5.81. The van der Waals surface area contributed by atoms with E-state index in [1.54, 1.807) is 30.3 Å². The van der Waals surface area contributed by atoms with E-state index in [-0.39, 0.29) is 17.1 Å². The summed E-state index contributed by atoms with van der Waals surface area (Å²) in [5.74, 6) is 0.429. The second-order valence-electron chi connectivity index (χ2n) is 5.56. The molecule has 0 radical (unpaired) electrons. The fraction of sp³-hybridized carbons (Fsp3) is 0.222. The van der Waals surface area contributed by atoms with Crippen LogP contribution < -0.4 is 15.4 Å². The zero-order valence-electron chi connectivity index (χ0n) is 13.7. The van der Waals surface area contributed by atoms with Crippen molar-refractivity contribution in [2.75, 3.05) is 5.32 Å². The van der Waals surface area contributed by atoms with E-state index < -0.39 is 0 Å². The van der Waals surface area contributed by atoms with E-state index in [4.69, 9.17) is 28.6 Å². The van der Waals surface area contributed by atoms with Gasteiger partial charge in [0.1, 0.15) is 5.75 Å². The Kier molecular flexibility index (Phi) is 6.17. The molecule has 0 aliphatic heterocycles. The van der Waals surface area contributed by atoms with E-state index in [2.05, 4.69) is 10.6 Å². The van der Waals surface area contributed by atoms with Gasteiger partial charge in [0.15, 0.2) is 5.11 Å². The lowest BCUT2D eigenvalue weighted by atomic mass is 10.2. The molecule has 2 N–H and O–H groups in total. The fourth-order valence-corrected chi connectivity index (χ4v) is 2.36. The zero-order valence-corrected chi connectivity index (χ0v) is 15.3. The molecular formula is C18H19ClN2O2S. The minimum Gasteiger partial charge on any atom is -0.491 e. The highest BCUT2D eigenvalue weighted by molar-refractivity contribution is 7.80. The molecule has 0 heterocycles. The third kappa shape index (κ3) is 5.22. The number of carbonyl (C=O) groups is 1. The summed E-state index contributed by atoms with van der Waals surface area (Å²) >= 11 is 11.2. The number of rotatable bonds is 4. The van der Waals surface area contributed by atoms with Crippen molar-refractivity contribution in [1.29, 1.82) is 0 Å². The van der Waals surface area contributed by atoms with Crippen molar-refractivity contribution in [3.05, 3.63) is 58.6 Å². The van der Waals surface area contributed by atoms with Gasteiger partial charge in [-0.05, 0) is 75.0 Å². The lowest BCUT2D eigenvalue weighted by molar-refractivity contribution is 0.0977. The van der Waals surface area contributed by atoms with Gasteiger partial charge in [0.25, 0.3) is 5.91 Å².